The molecule has 0 aliphatic carbocycles. The van der Waals surface area contributed by atoms with Crippen LogP contribution < -0.4 is 5.73 Å². The minimum absolute atomic E-state index is 0.348. The number of aryl methyl sites for hydroxylation is 1. The first-order chi connectivity index (χ1) is 18.4. The second-order valence-electron chi connectivity index (χ2n) is 12.2. The van der Waals surface area contributed by atoms with Gasteiger partial charge in [0.05, 0.1) is 17.2 Å². The summed E-state index contributed by atoms with van der Waals surface area (Å²) in [5.41, 5.74) is 9.32. The van der Waals surface area contributed by atoms with E-state index in [1.165, 1.54) is 6.07 Å². The molecule has 2 heterocycles. The zero-order valence-electron chi connectivity index (χ0n) is 23.7. The van der Waals surface area contributed by atoms with Crippen LogP contribution in [0.3, 0.4) is 0 Å². The summed E-state index contributed by atoms with van der Waals surface area (Å²) in [7, 11) is 0. The van der Waals surface area contributed by atoms with Crippen LogP contribution in [0.1, 0.15) is 69.6 Å². The average molecular weight is 533 g/mol. The lowest BCUT2D eigenvalue weighted by molar-refractivity contribution is 0.0943. The lowest BCUT2D eigenvalue weighted by atomic mass is 9.88. The van der Waals surface area contributed by atoms with Crippen molar-refractivity contribution >= 4 is 5.70 Å². The third-order valence-electron chi connectivity index (χ3n) is 8.63. The van der Waals surface area contributed by atoms with E-state index in [0.717, 1.165) is 74.8 Å². The van der Waals surface area contributed by atoms with Crippen LogP contribution in [0, 0.1) is 23.1 Å². The number of hydrogen-bond donors (Lipinski definition) is 1. The Balaban J connectivity index is 1.42. The van der Waals surface area contributed by atoms with Crippen molar-refractivity contribution in [2.75, 3.05) is 26.2 Å². The van der Waals surface area contributed by atoms with E-state index in [1.54, 1.807) is 19.9 Å². The maximum absolute atomic E-state index is 15.4. The summed E-state index contributed by atoms with van der Waals surface area (Å²) in [6, 6.07) is 13.4. The molecule has 2 fully saturated rings. The molecule has 4 nitrogen and oxygen atoms in total. The molecule has 2 aromatic carbocycles. The summed E-state index contributed by atoms with van der Waals surface area (Å²) in [5.74, 6) is 0.235. The predicted octanol–water partition coefficient (Wildman–Crippen LogP) is 7.05. The summed E-state index contributed by atoms with van der Waals surface area (Å²) < 4.78 is 29.3. The highest BCUT2D eigenvalue weighted by molar-refractivity contribution is 5.71. The van der Waals surface area contributed by atoms with Crippen LogP contribution in [0.25, 0.3) is 16.8 Å². The number of rotatable bonds is 9. The largest absolute Gasteiger partial charge is 0.401 e. The van der Waals surface area contributed by atoms with Gasteiger partial charge in [-0.2, -0.15) is 5.26 Å². The van der Waals surface area contributed by atoms with Gasteiger partial charge in [-0.3, -0.25) is 0 Å². The highest BCUT2D eigenvalue weighted by atomic mass is 19.1. The SMILES string of the molecule is C=C(c1ccc(-c2ccc(CCC3CCN(CC(C)(C)F)CC3)c(C#N)c2)cc1F)N1CCC[C@]1(C)C(=C)N. The fourth-order valence-electron chi connectivity index (χ4n) is 6.21. The Morgan fingerprint density at radius 2 is 1.79 bits per heavy atom. The van der Waals surface area contributed by atoms with Crippen LogP contribution in [0.15, 0.2) is 55.3 Å². The average Bonchev–Trinajstić information content (AvgIpc) is 3.30. The Morgan fingerprint density at radius 1 is 1.13 bits per heavy atom. The van der Waals surface area contributed by atoms with E-state index >= 15 is 4.39 Å². The van der Waals surface area contributed by atoms with Gasteiger partial charge in [-0.1, -0.05) is 31.4 Å². The Hall–Kier alpha value is -3.17. The molecule has 0 amide bonds. The molecule has 39 heavy (non-hydrogen) atoms. The topological polar surface area (TPSA) is 56.3 Å². The van der Waals surface area contributed by atoms with Gasteiger partial charge >= 0.3 is 0 Å². The summed E-state index contributed by atoms with van der Waals surface area (Å²) >= 11 is 0. The number of benzene rings is 2. The second-order valence-corrected chi connectivity index (χ2v) is 12.2. The summed E-state index contributed by atoms with van der Waals surface area (Å²) in [4.78, 5) is 4.27. The van der Waals surface area contributed by atoms with Crippen LogP contribution in [-0.4, -0.2) is 47.2 Å². The maximum atomic E-state index is 15.4. The van der Waals surface area contributed by atoms with Crippen LogP contribution in [-0.2, 0) is 6.42 Å². The number of hydrogen-bond acceptors (Lipinski definition) is 4. The van der Waals surface area contributed by atoms with Crippen molar-refractivity contribution < 1.29 is 8.78 Å². The van der Waals surface area contributed by atoms with Gasteiger partial charge < -0.3 is 15.5 Å². The van der Waals surface area contributed by atoms with Gasteiger partial charge in [0, 0.05) is 30.0 Å². The third-order valence-corrected chi connectivity index (χ3v) is 8.63. The number of nitriles is 1. The van der Waals surface area contributed by atoms with E-state index in [-0.39, 0.29) is 5.82 Å². The molecular weight excluding hydrogens is 490 g/mol. The van der Waals surface area contributed by atoms with E-state index in [9.17, 15) is 9.65 Å². The van der Waals surface area contributed by atoms with Crippen molar-refractivity contribution in [1.29, 1.82) is 5.26 Å². The second kappa shape index (κ2) is 11.5. The summed E-state index contributed by atoms with van der Waals surface area (Å²) in [5, 5.41) is 9.86. The maximum Gasteiger partial charge on any atom is 0.133 e. The Kier molecular flexibility index (Phi) is 8.51. The molecule has 2 saturated heterocycles. The van der Waals surface area contributed by atoms with Crippen LogP contribution in [0.5, 0.6) is 0 Å². The minimum atomic E-state index is -1.16. The van der Waals surface area contributed by atoms with E-state index in [2.05, 4.69) is 29.0 Å². The van der Waals surface area contributed by atoms with E-state index < -0.39 is 11.2 Å². The van der Waals surface area contributed by atoms with Gasteiger partial charge in [0.25, 0.3) is 0 Å². The van der Waals surface area contributed by atoms with Crippen molar-refractivity contribution in [2.45, 2.75) is 70.5 Å². The van der Waals surface area contributed by atoms with Crippen molar-refractivity contribution in [2.24, 2.45) is 11.7 Å². The van der Waals surface area contributed by atoms with Crippen molar-refractivity contribution in [1.82, 2.24) is 9.80 Å². The first-order valence-corrected chi connectivity index (χ1v) is 14.1. The normalized spacial score (nSPS) is 20.7. The molecule has 0 aromatic heterocycles. The van der Waals surface area contributed by atoms with Crippen LogP contribution in [0.2, 0.25) is 0 Å². The van der Waals surface area contributed by atoms with E-state index in [1.807, 2.05) is 31.2 Å². The first-order valence-electron chi connectivity index (χ1n) is 14.1. The van der Waals surface area contributed by atoms with Crippen molar-refractivity contribution in [3.63, 3.8) is 0 Å². The fourth-order valence-corrected chi connectivity index (χ4v) is 6.21. The summed E-state index contributed by atoms with van der Waals surface area (Å²) in [6.45, 7) is 16.5. The molecular formula is C33H42F2N4. The molecule has 208 valence electrons. The molecule has 2 N–H and O–H groups in total. The molecule has 6 heteroatoms. The van der Waals surface area contributed by atoms with E-state index in [4.69, 9.17) is 5.73 Å². The van der Waals surface area contributed by atoms with E-state index in [0.29, 0.717) is 35.0 Å². The van der Waals surface area contributed by atoms with Gasteiger partial charge in [-0.25, -0.2) is 8.78 Å². The van der Waals surface area contributed by atoms with Gasteiger partial charge in [0.15, 0.2) is 0 Å². The molecule has 2 aromatic rings. The zero-order valence-corrected chi connectivity index (χ0v) is 23.7. The number of alkyl halides is 1. The van der Waals surface area contributed by atoms with Gasteiger partial charge in [0.1, 0.15) is 11.5 Å². The monoisotopic (exact) mass is 532 g/mol. The molecule has 1 atom stereocenters. The predicted molar refractivity (Wildman–Crippen MR) is 156 cm³/mol. The molecule has 2 aliphatic heterocycles. The molecule has 0 radical (unpaired) electrons. The lowest BCUT2D eigenvalue weighted by Gasteiger charge is -2.38. The number of piperidine rings is 1. The molecule has 0 spiro atoms. The molecule has 4 rings (SSSR count). The quantitative estimate of drug-likeness (QED) is 0.376. The minimum Gasteiger partial charge on any atom is -0.401 e. The molecule has 0 bridgehead atoms. The van der Waals surface area contributed by atoms with Gasteiger partial charge in [-0.15, -0.1) is 0 Å². The number of nitrogens with two attached hydrogens (primary N) is 1. The zero-order chi connectivity index (χ0) is 28.4. The molecule has 0 saturated carbocycles. The Morgan fingerprint density at radius 3 is 2.41 bits per heavy atom. The summed E-state index contributed by atoms with van der Waals surface area (Å²) in [6.07, 6.45) is 5.77. The Bertz CT molecular complexity index is 1260. The smallest absolute Gasteiger partial charge is 0.133 e. The lowest BCUT2D eigenvalue weighted by Crippen LogP contribution is -2.43. The fraction of sp³-hybridized carbons (Fsp3) is 0.485. The number of halogens is 2. The standard InChI is InChI=1S/C33H42F2N4/c1-23(39-16-6-15-33(39,5)24(2)37)30-12-11-28(20-31(30)34)27-10-9-26(29(19-27)21-36)8-7-25-13-17-38(18-14-25)22-32(3,4)35/h9-12,19-20,25H,1-2,6-8,13-18,22,37H2,3-5H3/t33-/m1/s1. The van der Waals surface area contributed by atoms with Gasteiger partial charge in [-0.05, 0) is 113 Å². The number of nitrogens with zero attached hydrogens (tertiary/aromatic N) is 3. The van der Waals surface area contributed by atoms with Crippen LogP contribution >= 0.6 is 0 Å². The Labute approximate surface area is 232 Å². The van der Waals surface area contributed by atoms with Crippen molar-refractivity contribution in [3.05, 3.63) is 77.8 Å². The highest BCUT2D eigenvalue weighted by Gasteiger charge is 2.39. The first kappa shape index (κ1) is 28.8. The van der Waals surface area contributed by atoms with Crippen molar-refractivity contribution in [3.8, 4) is 17.2 Å². The highest BCUT2D eigenvalue weighted by Crippen LogP contribution is 2.39. The number of likely N-dealkylation sites (tertiary alicyclic amines) is 2. The molecule has 0 unspecified atom stereocenters. The third kappa shape index (κ3) is 6.53. The van der Waals surface area contributed by atoms with Gasteiger partial charge in [0.2, 0.25) is 0 Å². The van der Waals surface area contributed by atoms with Crippen LogP contribution in [0.4, 0.5) is 8.78 Å². The molecule has 2 aliphatic rings.